The van der Waals surface area contributed by atoms with E-state index in [1.54, 1.807) is 6.08 Å². The van der Waals surface area contributed by atoms with Crippen LogP contribution in [0.3, 0.4) is 0 Å². The van der Waals surface area contributed by atoms with Gasteiger partial charge in [-0.05, 0) is 37.8 Å². The van der Waals surface area contributed by atoms with E-state index < -0.39 is 0 Å². The van der Waals surface area contributed by atoms with Crippen molar-refractivity contribution in [2.24, 2.45) is 11.8 Å². The largest absolute Gasteiger partial charge is 0.445 e. The van der Waals surface area contributed by atoms with Crippen LogP contribution in [-0.4, -0.2) is 43.8 Å². The van der Waals surface area contributed by atoms with Crippen molar-refractivity contribution in [2.75, 3.05) is 32.8 Å². The summed E-state index contributed by atoms with van der Waals surface area (Å²) in [6.45, 7) is 7.78. The molecule has 0 spiro atoms. The van der Waals surface area contributed by atoms with E-state index >= 15 is 0 Å². The lowest BCUT2D eigenvalue weighted by Crippen LogP contribution is -2.51. The summed E-state index contributed by atoms with van der Waals surface area (Å²) in [5.41, 5.74) is 0. The Kier molecular flexibility index (Phi) is 3.83. The van der Waals surface area contributed by atoms with Gasteiger partial charge in [-0.2, -0.15) is 0 Å². The monoisotopic (exact) mass is 224 g/mol. The van der Waals surface area contributed by atoms with Crippen LogP contribution >= 0.6 is 0 Å². The van der Waals surface area contributed by atoms with Crippen LogP contribution in [0.2, 0.25) is 0 Å². The average molecular weight is 224 g/mol. The van der Waals surface area contributed by atoms with E-state index in [2.05, 4.69) is 11.9 Å². The molecule has 16 heavy (non-hydrogen) atoms. The minimum atomic E-state index is -0.183. The Morgan fingerprint density at radius 2 is 2.31 bits per heavy atom. The number of nitrogens with zero attached hydrogens (tertiary/aromatic N) is 1. The van der Waals surface area contributed by atoms with E-state index in [1.807, 2.05) is 4.90 Å². The average Bonchev–Trinajstić information content (AvgIpc) is 2.24. The van der Waals surface area contributed by atoms with Gasteiger partial charge in [0.25, 0.3) is 0 Å². The van der Waals surface area contributed by atoms with E-state index in [9.17, 15) is 4.79 Å². The van der Waals surface area contributed by atoms with Crippen molar-refractivity contribution in [1.29, 1.82) is 0 Å². The smallest absolute Gasteiger partial charge is 0.410 e. The van der Waals surface area contributed by atoms with Gasteiger partial charge in [-0.3, -0.25) is 0 Å². The van der Waals surface area contributed by atoms with Gasteiger partial charge < -0.3 is 15.0 Å². The normalized spacial score (nSPS) is 26.0. The van der Waals surface area contributed by atoms with E-state index in [4.69, 9.17) is 4.74 Å². The molecule has 2 heterocycles. The molecule has 4 heteroatoms. The molecular formula is C12H20N2O2. The number of amides is 1. The van der Waals surface area contributed by atoms with Crippen LogP contribution in [0, 0.1) is 11.8 Å². The van der Waals surface area contributed by atoms with Gasteiger partial charge in [0, 0.05) is 13.1 Å². The van der Waals surface area contributed by atoms with Crippen molar-refractivity contribution < 1.29 is 9.53 Å². The van der Waals surface area contributed by atoms with Crippen molar-refractivity contribution in [3.05, 3.63) is 12.7 Å². The van der Waals surface area contributed by atoms with Gasteiger partial charge in [-0.1, -0.05) is 12.7 Å². The van der Waals surface area contributed by atoms with Gasteiger partial charge in [0.1, 0.15) is 6.61 Å². The summed E-state index contributed by atoms with van der Waals surface area (Å²) in [6, 6.07) is 0. The molecule has 0 saturated carbocycles. The molecular weight excluding hydrogens is 204 g/mol. The second-order valence-electron chi connectivity index (χ2n) is 4.63. The summed E-state index contributed by atoms with van der Waals surface area (Å²) in [7, 11) is 0. The maximum Gasteiger partial charge on any atom is 0.410 e. The van der Waals surface area contributed by atoms with Gasteiger partial charge in [0.15, 0.2) is 0 Å². The molecule has 0 aliphatic carbocycles. The number of ether oxygens (including phenoxy) is 1. The summed E-state index contributed by atoms with van der Waals surface area (Å²) in [5.74, 6) is 1.42. The lowest BCUT2D eigenvalue weighted by molar-refractivity contribution is 0.0732. The lowest BCUT2D eigenvalue weighted by atomic mass is 9.82. The number of hydrogen-bond donors (Lipinski definition) is 1. The van der Waals surface area contributed by atoms with Crippen LogP contribution in [0.25, 0.3) is 0 Å². The molecule has 2 fully saturated rings. The van der Waals surface area contributed by atoms with Crippen molar-refractivity contribution in [2.45, 2.75) is 12.8 Å². The highest BCUT2D eigenvalue weighted by molar-refractivity contribution is 5.67. The number of likely N-dealkylation sites (tertiary alicyclic amines) is 1. The maximum atomic E-state index is 11.7. The molecule has 2 aliphatic heterocycles. The molecule has 0 bridgehead atoms. The Labute approximate surface area is 96.6 Å². The Hall–Kier alpha value is -1.03. The molecule has 2 saturated heterocycles. The Bertz CT molecular complexity index is 264. The number of piperidine rings is 1. The molecule has 2 rings (SSSR count). The van der Waals surface area contributed by atoms with Gasteiger partial charge in [-0.25, -0.2) is 4.79 Å². The molecule has 0 radical (unpaired) electrons. The first-order chi connectivity index (χ1) is 7.81. The van der Waals surface area contributed by atoms with Gasteiger partial charge in [0.2, 0.25) is 0 Å². The van der Waals surface area contributed by atoms with Crippen molar-refractivity contribution >= 4 is 6.09 Å². The summed E-state index contributed by atoms with van der Waals surface area (Å²) < 4.78 is 5.06. The number of carbonyl (C=O) groups excluding carboxylic acids is 1. The first kappa shape index (κ1) is 11.5. The third-order valence-electron chi connectivity index (χ3n) is 3.52. The van der Waals surface area contributed by atoms with Gasteiger partial charge in [-0.15, -0.1) is 0 Å². The topological polar surface area (TPSA) is 41.6 Å². The fraction of sp³-hybridized carbons (Fsp3) is 0.750. The van der Waals surface area contributed by atoms with Crippen molar-refractivity contribution in [1.82, 2.24) is 10.2 Å². The maximum absolute atomic E-state index is 11.7. The van der Waals surface area contributed by atoms with Crippen LogP contribution in [0.1, 0.15) is 12.8 Å². The predicted molar refractivity (Wildman–Crippen MR) is 62.2 cm³/mol. The molecule has 0 aromatic heterocycles. The molecule has 1 N–H and O–H groups in total. The van der Waals surface area contributed by atoms with E-state index in [-0.39, 0.29) is 6.09 Å². The Morgan fingerprint density at radius 3 is 2.94 bits per heavy atom. The number of carbonyl (C=O) groups is 1. The first-order valence-corrected chi connectivity index (χ1v) is 6.04. The highest BCUT2D eigenvalue weighted by atomic mass is 16.6. The van der Waals surface area contributed by atoms with E-state index in [1.165, 1.54) is 6.42 Å². The van der Waals surface area contributed by atoms with Crippen LogP contribution in [-0.2, 0) is 4.74 Å². The highest BCUT2D eigenvalue weighted by Crippen LogP contribution is 2.26. The van der Waals surface area contributed by atoms with Gasteiger partial charge in [0.05, 0.1) is 0 Å². The summed E-state index contributed by atoms with van der Waals surface area (Å²) in [6.07, 6.45) is 3.77. The number of nitrogens with one attached hydrogen (secondary N) is 1. The van der Waals surface area contributed by atoms with Crippen LogP contribution < -0.4 is 5.32 Å². The van der Waals surface area contributed by atoms with Crippen LogP contribution in [0.4, 0.5) is 4.79 Å². The third-order valence-corrected chi connectivity index (χ3v) is 3.52. The summed E-state index contributed by atoms with van der Waals surface area (Å²) in [4.78, 5) is 13.5. The lowest BCUT2D eigenvalue weighted by Gasteiger charge is -2.40. The fourth-order valence-corrected chi connectivity index (χ4v) is 2.43. The first-order valence-electron chi connectivity index (χ1n) is 6.04. The number of rotatable bonds is 3. The molecule has 0 aromatic carbocycles. The predicted octanol–water partition coefficient (Wildman–Crippen LogP) is 1.24. The Balaban J connectivity index is 1.80. The van der Waals surface area contributed by atoms with Crippen LogP contribution in [0.15, 0.2) is 12.7 Å². The second kappa shape index (κ2) is 5.34. The fourth-order valence-electron chi connectivity index (χ4n) is 2.43. The summed E-state index contributed by atoms with van der Waals surface area (Å²) >= 11 is 0. The van der Waals surface area contributed by atoms with Crippen LogP contribution in [0.5, 0.6) is 0 Å². The minimum Gasteiger partial charge on any atom is -0.445 e. The molecule has 2 aliphatic rings. The quantitative estimate of drug-likeness (QED) is 0.733. The molecule has 1 amide bonds. The van der Waals surface area contributed by atoms with E-state index in [0.717, 1.165) is 38.5 Å². The molecule has 1 atom stereocenters. The minimum absolute atomic E-state index is 0.183. The Morgan fingerprint density at radius 1 is 1.50 bits per heavy atom. The van der Waals surface area contributed by atoms with Gasteiger partial charge >= 0.3 is 6.09 Å². The standard InChI is InChI=1S/C12H20N2O2/c1-2-6-16-12(15)14-5-3-4-10(9-14)11-7-13-8-11/h2,10-11,13H,1,3-9H2/t10-/m0/s1. The molecule has 90 valence electrons. The summed E-state index contributed by atoms with van der Waals surface area (Å²) in [5, 5.41) is 3.29. The van der Waals surface area contributed by atoms with Crippen molar-refractivity contribution in [3.8, 4) is 0 Å². The second-order valence-corrected chi connectivity index (χ2v) is 4.63. The van der Waals surface area contributed by atoms with Crippen molar-refractivity contribution in [3.63, 3.8) is 0 Å². The number of hydrogen-bond acceptors (Lipinski definition) is 3. The SMILES string of the molecule is C=CCOC(=O)N1CCC[C@H](C2CNC2)C1. The molecule has 0 aromatic rings. The zero-order valence-electron chi connectivity index (χ0n) is 9.65. The highest BCUT2D eigenvalue weighted by Gasteiger charge is 2.32. The zero-order chi connectivity index (χ0) is 11.4. The third kappa shape index (κ3) is 2.55. The van der Waals surface area contributed by atoms with E-state index in [0.29, 0.717) is 12.5 Å². The molecule has 0 unspecified atom stereocenters. The molecule has 4 nitrogen and oxygen atoms in total. The zero-order valence-corrected chi connectivity index (χ0v) is 9.65.